The molecular formula is C22H35N3O. The largest absolute Gasteiger partial charge is 0.490 e. The number of hydrogen-bond acceptors (Lipinski definition) is 4. The Hall–Kier alpha value is -1.10. The van der Waals surface area contributed by atoms with Gasteiger partial charge in [0.15, 0.2) is 0 Å². The second kappa shape index (κ2) is 9.20. The molecule has 3 fully saturated rings. The van der Waals surface area contributed by atoms with Crippen LogP contribution in [0.4, 0.5) is 0 Å². The third-order valence-corrected chi connectivity index (χ3v) is 6.46. The van der Waals surface area contributed by atoms with E-state index in [0.717, 1.165) is 31.4 Å². The van der Waals surface area contributed by atoms with Crippen molar-refractivity contribution in [1.82, 2.24) is 15.5 Å². The van der Waals surface area contributed by atoms with Crippen LogP contribution in [0.2, 0.25) is 0 Å². The first-order chi connectivity index (χ1) is 12.9. The minimum Gasteiger partial charge on any atom is -0.490 e. The van der Waals surface area contributed by atoms with E-state index in [2.05, 4.69) is 39.8 Å². The third-order valence-electron chi connectivity index (χ3n) is 6.46. The number of benzene rings is 1. The maximum atomic E-state index is 6.15. The second-order valence-corrected chi connectivity index (χ2v) is 8.34. The number of nitrogens with one attached hydrogen (secondary N) is 2. The van der Waals surface area contributed by atoms with Gasteiger partial charge >= 0.3 is 0 Å². The molecule has 3 aliphatic rings. The number of hydrogen-bond donors (Lipinski definition) is 2. The van der Waals surface area contributed by atoms with Crippen LogP contribution in [0.1, 0.15) is 56.9 Å². The molecule has 1 aromatic carbocycles. The average Bonchev–Trinajstić information content (AvgIpc) is 3.21. The maximum Gasteiger partial charge on any atom is 0.120 e. The van der Waals surface area contributed by atoms with E-state index in [0.29, 0.717) is 12.1 Å². The summed E-state index contributed by atoms with van der Waals surface area (Å²) in [4.78, 5) is 2.70. The molecule has 26 heavy (non-hydrogen) atoms. The normalized spacial score (nSPS) is 28.3. The summed E-state index contributed by atoms with van der Waals surface area (Å²) in [5, 5.41) is 7.26. The van der Waals surface area contributed by atoms with Gasteiger partial charge in [0, 0.05) is 44.8 Å². The molecule has 1 heterocycles. The van der Waals surface area contributed by atoms with E-state index in [-0.39, 0.29) is 0 Å². The van der Waals surface area contributed by atoms with E-state index in [1.165, 1.54) is 70.0 Å². The van der Waals surface area contributed by atoms with Crippen molar-refractivity contribution in [2.24, 2.45) is 0 Å². The molecule has 0 aromatic heterocycles. The molecule has 1 aliphatic heterocycles. The lowest BCUT2D eigenvalue weighted by molar-refractivity contribution is 0.128. The van der Waals surface area contributed by atoms with Crippen LogP contribution < -0.4 is 15.4 Å². The lowest BCUT2D eigenvalue weighted by Crippen LogP contribution is -2.50. The molecule has 4 nitrogen and oxygen atoms in total. The predicted molar refractivity (Wildman–Crippen MR) is 107 cm³/mol. The van der Waals surface area contributed by atoms with Crippen LogP contribution in [-0.4, -0.2) is 49.3 Å². The van der Waals surface area contributed by atoms with Gasteiger partial charge in [-0.3, -0.25) is 4.90 Å². The van der Waals surface area contributed by atoms with E-state index in [4.69, 9.17) is 4.74 Å². The van der Waals surface area contributed by atoms with Gasteiger partial charge in [-0.25, -0.2) is 0 Å². The third kappa shape index (κ3) is 4.99. The van der Waals surface area contributed by atoms with Crippen molar-refractivity contribution in [2.45, 2.75) is 76.1 Å². The highest BCUT2D eigenvalue weighted by molar-refractivity contribution is 5.28. The quantitative estimate of drug-likeness (QED) is 0.819. The molecule has 0 radical (unpaired) electrons. The topological polar surface area (TPSA) is 36.5 Å². The molecule has 144 valence electrons. The van der Waals surface area contributed by atoms with Crippen molar-refractivity contribution in [1.29, 1.82) is 0 Å². The average molecular weight is 358 g/mol. The van der Waals surface area contributed by atoms with Gasteiger partial charge in [0.05, 0.1) is 6.10 Å². The molecule has 0 bridgehead atoms. The number of ether oxygens (including phenoxy) is 1. The Morgan fingerprint density at radius 1 is 1.00 bits per heavy atom. The van der Waals surface area contributed by atoms with Crippen LogP contribution in [0.25, 0.3) is 0 Å². The molecule has 0 unspecified atom stereocenters. The molecule has 1 aromatic rings. The fourth-order valence-corrected chi connectivity index (χ4v) is 4.88. The van der Waals surface area contributed by atoms with E-state index < -0.39 is 0 Å². The van der Waals surface area contributed by atoms with Gasteiger partial charge in [0.2, 0.25) is 0 Å². The Labute approximate surface area is 158 Å². The zero-order chi connectivity index (χ0) is 17.6. The first kappa shape index (κ1) is 18.3. The second-order valence-electron chi connectivity index (χ2n) is 8.34. The van der Waals surface area contributed by atoms with Crippen molar-refractivity contribution in [2.75, 3.05) is 26.2 Å². The van der Waals surface area contributed by atoms with E-state index in [1.807, 2.05) is 0 Å². The van der Waals surface area contributed by atoms with Crippen molar-refractivity contribution >= 4 is 0 Å². The summed E-state index contributed by atoms with van der Waals surface area (Å²) in [5.41, 5.74) is 1.35. The van der Waals surface area contributed by atoms with Gasteiger partial charge in [-0.15, -0.1) is 0 Å². The van der Waals surface area contributed by atoms with Gasteiger partial charge < -0.3 is 15.4 Å². The van der Waals surface area contributed by atoms with Crippen molar-refractivity contribution < 1.29 is 4.74 Å². The summed E-state index contributed by atoms with van der Waals surface area (Å²) in [6.07, 6.45) is 10.9. The highest BCUT2D eigenvalue weighted by Crippen LogP contribution is 2.26. The molecule has 2 aliphatic carbocycles. The Kier molecular flexibility index (Phi) is 6.47. The van der Waals surface area contributed by atoms with Gasteiger partial charge in [-0.2, -0.15) is 0 Å². The summed E-state index contributed by atoms with van der Waals surface area (Å²) in [7, 11) is 0. The number of rotatable bonds is 6. The summed E-state index contributed by atoms with van der Waals surface area (Å²) in [5.74, 6) is 1.05. The lowest BCUT2D eigenvalue weighted by atomic mass is 9.89. The fourth-order valence-electron chi connectivity index (χ4n) is 4.88. The molecule has 4 rings (SSSR count). The highest BCUT2D eigenvalue weighted by Gasteiger charge is 2.26. The zero-order valence-electron chi connectivity index (χ0n) is 16.1. The summed E-state index contributed by atoms with van der Waals surface area (Å²) in [6, 6.07) is 10.2. The van der Waals surface area contributed by atoms with E-state index in [9.17, 15) is 0 Å². The Balaban J connectivity index is 1.21. The molecule has 0 spiro atoms. The van der Waals surface area contributed by atoms with Crippen LogP contribution >= 0.6 is 0 Å². The van der Waals surface area contributed by atoms with E-state index >= 15 is 0 Å². The van der Waals surface area contributed by atoms with Gasteiger partial charge in [-0.1, -0.05) is 12.1 Å². The maximum absolute atomic E-state index is 6.15. The molecular weight excluding hydrogens is 322 g/mol. The summed E-state index contributed by atoms with van der Waals surface area (Å²) < 4.78 is 6.15. The minimum absolute atomic E-state index is 0.443. The zero-order valence-corrected chi connectivity index (χ0v) is 16.1. The first-order valence-electron chi connectivity index (χ1n) is 10.8. The van der Waals surface area contributed by atoms with Crippen LogP contribution in [0.5, 0.6) is 5.75 Å². The standard InChI is InChI=1S/C22H35N3O/c1-2-6-21(5-1)26-22-7-3-4-18(16-22)17-24-19-8-10-20(11-9-19)25-14-12-23-13-15-25/h3-4,7,16,19-21,23-24H,1-2,5-6,8-15,17H2. The van der Waals surface area contributed by atoms with Crippen LogP contribution in [0, 0.1) is 0 Å². The Bertz CT molecular complexity index is 544. The summed E-state index contributed by atoms with van der Waals surface area (Å²) in [6.45, 7) is 5.76. The molecule has 2 saturated carbocycles. The van der Waals surface area contributed by atoms with Crippen LogP contribution in [0.3, 0.4) is 0 Å². The van der Waals surface area contributed by atoms with Gasteiger partial charge in [0.25, 0.3) is 0 Å². The lowest BCUT2D eigenvalue weighted by Gasteiger charge is -2.39. The molecule has 0 atom stereocenters. The van der Waals surface area contributed by atoms with Crippen molar-refractivity contribution in [3.05, 3.63) is 29.8 Å². The van der Waals surface area contributed by atoms with Crippen LogP contribution in [-0.2, 0) is 6.54 Å². The number of piperazine rings is 1. The number of nitrogens with zero attached hydrogens (tertiary/aromatic N) is 1. The minimum atomic E-state index is 0.443. The molecule has 1 saturated heterocycles. The fraction of sp³-hybridized carbons (Fsp3) is 0.727. The van der Waals surface area contributed by atoms with Crippen LogP contribution in [0.15, 0.2) is 24.3 Å². The smallest absolute Gasteiger partial charge is 0.120 e. The predicted octanol–water partition coefficient (Wildman–Crippen LogP) is 3.31. The summed E-state index contributed by atoms with van der Waals surface area (Å²) >= 11 is 0. The van der Waals surface area contributed by atoms with Crippen molar-refractivity contribution in [3.8, 4) is 5.75 Å². The Morgan fingerprint density at radius 3 is 2.54 bits per heavy atom. The van der Waals surface area contributed by atoms with E-state index in [1.54, 1.807) is 0 Å². The Morgan fingerprint density at radius 2 is 1.77 bits per heavy atom. The first-order valence-corrected chi connectivity index (χ1v) is 10.8. The molecule has 2 N–H and O–H groups in total. The van der Waals surface area contributed by atoms with Gasteiger partial charge in [0.1, 0.15) is 5.75 Å². The van der Waals surface area contributed by atoms with Gasteiger partial charge in [-0.05, 0) is 69.1 Å². The SMILES string of the molecule is c1cc(CNC2CCC(N3CCNCC3)CC2)cc(OC2CCCC2)c1. The highest BCUT2D eigenvalue weighted by atomic mass is 16.5. The monoisotopic (exact) mass is 357 g/mol. The molecule has 0 amide bonds. The molecule has 4 heteroatoms. The van der Waals surface area contributed by atoms with Crippen molar-refractivity contribution in [3.63, 3.8) is 0 Å².